The highest BCUT2D eigenvalue weighted by Gasteiger charge is 2.18. The van der Waals surface area contributed by atoms with E-state index in [0.717, 1.165) is 57.7 Å². The van der Waals surface area contributed by atoms with E-state index in [1.54, 1.807) is 0 Å². The molecule has 128 valence electrons. The third kappa shape index (κ3) is 4.83. The fraction of sp³-hybridized carbons (Fsp3) is 0.667. The van der Waals surface area contributed by atoms with Crippen molar-refractivity contribution < 1.29 is 14.6 Å². The minimum atomic E-state index is -0.467. The summed E-state index contributed by atoms with van der Waals surface area (Å²) in [7, 11) is 0. The lowest BCUT2D eigenvalue weighted by atomic mass is 10.1. The molecule has 1 N–H and O–H groups in total. The molecule has 2 heterocycles. The zero-order valence-corrected chi connectivity index (χ0v) is 14.3. The van der Waals surface area contributed by atoms with Crippen molar-refractivity contribution in [3.8, 4) is 5.75 Å². The molecule has 23 heavy (non-hydrogen) atoms. The third-order valence-corrected chi connectivity index (χ3v) is 5.02. The molecule has 0 spiro atoms. The lowest BCUT2D eigenvalue weighted by Crippen LogP contribution is -2.26. The van der Waals surface area contributed by atoms with E-state index in [1.165, 1.54) is 12.8 Å². The Labute approximate surface area is 143 Å². The molecule has 0 amide bonds. The molecule has 0 bridgehead atoms. The highest BCUT2D eigenvalue weighted by molar-refractivity contribution is 6.32. The van der Waals surface area contributed by atoms with Gasteiger partial charge in [0.1, 0.15) is 11.9 Å². The van der Waals surface area contributed by atoms with Crippen molar-refractivity contribution in [3.63, 3.8) is 0 Å². The number of hydrogen-bond acceptors (Lipinski definition) is 4. The van der Waals surface area contributed by atoms with E-state index in [-0.39, 0.29) is 6.10 Å². The van der Waals surface area contributed by atoms with Gasteiger partial charge in [0, 0.05) is 19.4 Å². The fourth-order valence-electron chi connectivity index (χ4n) is 3.27. The Bertz CT molecular complexity index is 499. The maximum atomic E-state index is 10.4. The standard InChI is InChI=1S/C18H26ClNO3/c19-16-13-14(17(21)5-10-20-8-1-2-9-20)3-4-18(16)23-15-6-11-22-12-7-15/h3-4,13,15,17,21H,1-2,5-12H2. The second-order valence-electron chi connectivity index (χ2n) is 6.47. The number of ether oxygens (including phenoxy) is 2. The summed E-state index contributed by atoms with van der Waals surface area (Å²) < 4.78 is 11.3. The number of aliphatic hydroxyl groups excluding tert-OH is 1. The molecule has 3 rings (SSSR count). The van der Waals surface area contributed by atoms with Gasteiger partial charge in [-0.1, -0.05) is 17.7 Å². The van der Waals surface area contributed by atoms with E-state index in [0.29, 0.717) is 10.8 Å². The average Bonchev–Trinajstić information content (AvgIpc) is 3.09. The Hall–Kier alpha value is -0.810. The Kier molecular flexibility index (Phi) is 6.17. The summed E-state index contributed by atoms with van der Waals surface area (Å²) in [6, 6.07) is 5.65. The fourth-order valence-corrected chi connectivity index (χ4v) is 3.50. The Morgan fingerprint density at radius 3 is 2.70 bits per heavy atom. The van der Waals surface area contributed by atoms with Gasteiger partial charge < -0.3 is 19.5 Å². The van der Waals surface area contributed by atoms with Crippen LogP contribution in [0.4, 0.5) is 0 Å². The number of aliphatic hydroxyl groups is 1. The van der Waals surface area contributed by atoms with Gasteiger partial charge in [0.15, 0.2) is 0 Å². The summed E-state index contributed by atoms with van der Waals surface area (Å²) in [5, 5.41) is 11.0. The molecule has 1 aromatic carbocycles. The van der Waals surface area contributed by atoms with Crippen LogP contribution in [0.1, 0.15) is 43.8 Å². The van der Waals surface area contributed by atoms with E-state index in [2.05, 4.69) is 4.90 Å². The summed E-state index contributed by atoms with van der Waals surface area (Å²) in [6.07, 6.45) is 4.81. The van der Waals surface area contributed by atoms with Gasteiger partial charge in [0.2, 0.25) is 0 Å². The summed E-state index contributed by atoms with van der Waals surface area (Å²) in [6.45, 7) is 4.75. The first-order valence-corrected chi connectivity index (χ1v) is 9.04. The minimum Gasteiger partial charge on any atom is -0.489 e. The molecule has 0 radical (unpaired) electrons. The first-order valence-electron chi connectivity index (χ1n) is 8.66. The highest BCUT2D eigenvalue weighted by atomic mass is 35.5. The van der Waals surface area contributed by atoms with Gasteiger partial charge in [0.05, 0.1) is 24.3 Å². The number of halogens is 1. The molecular weight excluding hydrogens is 314 g/mol. The van der Waals surface area contributed by atoms with E-state index in [9.17, 15) is 5.11 Å². The van der Waals surface area contributed by atoms with Crippen molar-refractivity contribution in [3.05, 3.63) is 28.8 Å². The molecular formula is C18H26ClNO3. The zero-order chi connectivity index (χ0) is 16.1. The predicted molar refractivity (Wildman–Crippen MR) is 91.2 cm³/mol. The Morgan fingerprint density at radius 1 is 1.26 bits per heavy atom. The van der Waals surface area contributed by atoms with Gasteiger partial charge in [-0.25, -0.2) is 0 Å². The molecule has 0 aromatic heterocycles. The van der Waals surface area contributed by atoms with Crippen LogP contribution in [0.25, 0.3) is 0 Å². The van der Waals surface area contributed by atoms with Gasteiger partial charge in [-0.15, -0.1) is 0 Å². The molecule has 2 saturated heterocycles. The SMILES string of the molecule is OC(CCN1CCCC1)c1ccc(OC2CCOCC2)c(Cl)c1. The van der Waals surface area contributed by atoms with Gasteiger partial charge in [-0.3, -0.25) is 0 Å². The van der Waals surface area contributed by atoms with Crippen molar-refractivity contribution in [1.82, 2.24) is 4.90 Å². The maximum Gasteiger partial charge on any atom is 0.138 e. The second kappa shape index (κ2) is 8.34. The van der Waals surface area contributed by atoms with E-state index in [4.69, 9.17) is 21.1 Å². The number of hydrogen-bond donors (Lipinski definition) is 1. The van der Waals surface area contributed by atoms with Crippen LogP contribution in [0.15, 0.2) is 18.2 Å². The van der Waals surface area contributed by atoms with Gasteiger partial charge >= 0.3 is 0 Å². The normalized spacial score (nSPS) is 21.5. The average molecular weight is 340 g/mol. The van der Waals surface area contributed by atoms with Crippen LogP contribution in [0, 0.1) is 0 Å². The van der Waals surface area contributed by atoms with Crippen LogP contribution in [0.3, 0.4) is 0 Å². The number of rotatable bonds is 6. The van der Waals surface area contributed by atoms with Crippen molar-refractivity contribution >= 4 is 11.6 Å². The molecule has 2 aliphatic rings. The van der Waals surface area contributed by atoms with Crippen LogP contribution >= 0.6 is 11.6 Å². The molecule has 2 fully saturated rings. The van der Waals surface area contributed by atoms with Crippen LogP contribution < -0.4 is 4.74 Å². The van der Waals surface area contributed by atoms with Crippen LogP contribution in [-0.4, -0.2) is 49.0 Å². The van der Waals surface area contributed by atoms with Crippen LogP contribution in [-0.2, 0) is 4.74 Å². The van der Waals surface area contributed by atoms with Crippen molar-refractivity contribution in [2.75, 3.05) is 32.8 Å². The molecule has 5 heteroatoms. The van der Waals surface area contributed by atoms with Crippen LogP contribution in [0.5, 0.6) is 5.75 Å². The monoisotopic (exact) mass is 339 g/mol. The van der Waals surface area contributed by atoms with Crippen LogP contribution in [0.2, 0.25) is 5.02 Å². The van der Waals surface area contributed by atoms with Gasteiger partial charge in [-0.05, 0) is 50.0 Å². The summed E-state index contributed by atoms with van der Waals surface area (Å²) in [5.74, 6) is 0.703. The lowest BCUT2D eigenvalue weighted by Gasteiger charge is -2.24. The molecule has 2 aliphatic heterocycles. The molecule has 1 unspecified atom stereocenters. The van der Waals surface area contributed by atoms with Crippen molar-refractivity contribution in [1.29, 1.82) is 0 Å². The quantitative estimate of drug-likeness (QED) is 0.862. The predicted octanol–water partition coefficient (Wildman–Crippen LogP) is 3.42. The van der Waals surface area contributed by atoms with Crippen molar-refractivity contribution in [2.24, 2.45) is 0 Å². The molecule has 4 nitrogen and oxygen atoms in total. The topological polar surface area (TPSA) is 41.9 Å². The number of benzene rings is 1. The van der Waals surface area contributed by atoms with E-state index < -0.39 is 6.10 Å². The third-order valence-electron chi connectivity index (χ3n) is 4.72. The summed E-state index contributed by atoms with van der Waals surface area (Å²) in [4.78, 5) is 2.41. The van der Waals surface area contributed by atoms with Crippen molar-refractivity contribution in [2.45, 2.75) is 44.3 Å². The number of likely N-dealkylation sites (tertiary alicyclic amines) is 1. The Balaban J connectivity index is 1.54. The molecule has 1 atom stereocenters. The van der Waals surface area contributed by atoms with Gasteiger partial charge in [-0.2, -0.15) is 0 Å². The largest absolute Gasteiger partial charge is 0.489 e. The molecule has 0 aliphatic carbocycles. The molecule has 1 aromatic rings. The molecule has 0 saturated carbocycles. The van der Waals surface area contributed by atoms with E-state index in [1.807, 2.05) is 18.2 Å². The zero-order valence-electron chi connectivity index (χ0n) is 13.5. The highest BCUT2D eigenvalue weighted by Crippen LogP contribution is 2.31. The lowest BCUT2D eigenvalue weighted by molar-refractivity contribution is 0.0256. The van der Waals surface area contributed by atoms with E-state index >= 15 is 0 Å². The first-order chi connectivity index (χ1) is 11.2. The summed E-state index contributed by atoms with van der Waals surface area (Å²) >= 11 is 6.34. The Morgan fingerprint density at radius 2 is 2.00 bits per heavy atom. The first kappa shape index (κ1) is 17.0. The number of nitrogens with zero attached hydrogens (tertiary/aromatic N) is 1. The maximum absolute atomic E-state index is 10.4. The second-order valence-corrected chi connectivity index (χ2v) is 6.88. The minimum absolute atomic E-state index is 0.173. The van der Waals surface area contributed by atoms with Gasteiger partial charge in [0.25, 0.3) is 0 Å². The smallest absolute Gasteiger partial charge is 0.138 e. The summed E-state index contributed by atoms with van der Waals surface area (Å²) in [5.41, 5.74) is 0.869.